The van der Waals surface area contributed by atoms with Crippen LogP contribution in [-0.2, 0) is 9.84 Å². The maximum absolute atomic E-state index is 12.3. The van der Waals surface area contributed by atoms with Gasteiger partial charge in [0, 0.05) is 29.6 Å². The van der Waals surface area contributed by atoms with Crippen LogP contribution in [0.2, 0.25) is 0 Å². The molecule has 3 heterocycles. The molecule has 4 rings (SSSR count). The summed E-state index contributed by atoms with van der Waals surface area (Å²) >= 11 is 0. The molecule has 0 saturated carbocycles. The second-order valence-electron chi connectivity index (χ2n) is 5.96. The van der Waals surface area contributed by atoms with Crippen LogP contribution in [0.3, 0.4) is 0 Å². The van der Waals surface area contributed by atoms with Gasteiger partial charge >= 0.3 is 0 Å². The number of carbonyl (C=O) groups excluding carboxylic acids is 1. The summed E-state index contributed by atoms with van der Waals surface area (Å²) in [5, 5.41) is 10.9. The lowest BCUT2D eigenvalue weighted by molar-refractivity contribution is 0.0941. The Bertz CT molecular complexity index is 1040. The van der Waals surface area contributed by atoms with Gasteiger partial charge in [-0.05, 0) is 24.6 Å². The zero-order chi connectivity index (χ0) is 17.4. The number of benzene rings is 1. The molecule has 1 aliphatic heterocycles. The first-order chi connectivity index (χ1) is 12.0. The summed E-state index contributed by atoms with van der Waals surface area (Å²) in [7, 11) is -3.02. The Labute approximate surface area is 143 Å². The van der Waals surface area contributed by atoms with E-state index in [9.17, 15) is 13.2 Å². The highest BCUT2D eigenvalue weighted by Crippen LogP contribution is 2.18. The van der Waals surface area contributed by atoms with Gasteiger partial charge in [-0.2, -0.15) is 0 Å². The first kappa shape index (κ1) is 15.7. The Morgan fingerprint density at radius 3 is 2.72 bits per heavy atom. The summed E-state index contributed by atoms with van der Waals surface area (Å²) in [6, 6.07) is 8.41. The second kappa shape index (κ2) is 5.92. The van der Waals surface area contributed by atoms with Crippen molar-refractivity contribution in [2.24, 2.45) is 0 Å². The number of nitrogens with one attached hydrogen (secondary N) is 1. The molecule has 1 atom stereocenters. The molecule has 0 aliphatic carbocycles. The smallest absolute Gasteiger partial charge is 0.255 e. The maximum atomic E-state index is 12.3. The fourth-order valence-corrected chi connectivity index (χ4v) is 4.56. The Hall–Kier alpha value is -2.81. The van der Waals surface area contributed by atoms with E-state index in [2.05, 4.69) is 20.5 Å². The van der Waals surface area contributed by atoms with Crippen LogP contribution in [0.15, 0.2) is 42.7 Å². The van der Waals surface area contributed by atoms with Gasteiger partial charge in [-0.25, -0.2) is 13.4 Å². The fourth-order valence-electron chi connectivity index (χ4n) is 2.89. The molecule has 1 amide bonds. The fraction of sp³-hybridized carbons (Fsp3) is 0.250. The molecule has 25 heavy (non-hydrogen) atoms. The third-order valence-corrected chi connectivity index (χ3v) is 5.93. The molecule has 2 aromatic heterocycles. The van der Waals surface area contributed by atoms with E-state index >= 15 is 0 Å². The van der Waals surface area contributed by atoms with E-state index in [1.807, 2.05) is 6.20 Å². The van der Waals surface area contributed by atoms with Gasteiger partial charge in [0.25, 0.3) is 11.7 Å². The zero-order valence-corrected chi connectivity index (χ0v) is 14.0. The second-order valence-corrected chi connectivity index (χ2v) is 8.19. The molecular weight excluding hydrogens is 342 g/mol. The Balaban J connectivity index is 1.53. The molecule has 8 nitrogen and oxygen atoms in total. The van der Waals surface area contributed by atoms with Crippen LogP contribution in [0.5, 0.6) is 0 Å². The molecule has 1 N–H and O–H groups in total. The lowest BCUT2D eigenvalue weighted by Gasteiger charge is -2.11. The van der Waals surface area contributed by atoms with Crippen molar-refractivity contribution in [1.82, 2.24) is 24.9 Å². The number of carbonyl (C=O) groups is 1. The van der Waals surface area contributed by atoms with Gasteiger partial charge in [0.1, 0.15) is 0 Å². The summed E-state index contributed by atoms with van der Waals surface area (Å²) in [6.07, 6.45) is 3.92. The zero-order valence-electron chi connectivity index (χ0n) is 13.2. The van der Waals surface area contributed by atoms with Crippen molar-refractivity contribution >= 4 is 21.5 Å². The average Bonchev–Trinajstić information content (AvgIpc) is 3.18. The van der Waals surface area contributed by atoms with Crippen molar-refractivity contribution in [2.45, 2.75) is 12.5 Å². The predicted octanol–water partition coefficient (Wildman–Crippen LogP) is 0.708. The normalized spacial score (nSPS) is 19.1. The molecule has 0 bridgehead atoms. The molecule has 1 saturated heterocycles. The van der Waals surface area contributed by atoms with E-state index in [-0.39, 0.29) is 23.5 Å². The van der Waals surface area contributed by atoms with Crippen LogP contribution < -0.4 is 5.32 Å². The number of amides is 1. The highest BCUT2D eigenvalue weighted by molar-refractivity contribution is 7.91. The SMILES string of the molecule is O=C(NC1CCS(=O)(=O)C1)c1ccc(-c2nnc3ncccn23)cc1. The predicted molar refractivity (Wildman–Crippen MR) is 90.7 cm³/mol. The molecular formula is C16H15N5O3S. The molecule has 0 radical (unpaired) electrons. The van der Waals surface area contributed by atoms with E-state index < -0.39 is 9.84 Å². The van der Waals surface area contributed by atoms with Gasteiger partial charge in [0.05, 0.1) is 11.5 Å². The number of sulfone groups is 1. The minimum atomic E-state index is -3.02. The van der Waals surface area contributed by atoms with Crippen molar-refractivity contribution in [3.8, 4) is 11.4 Å². The van der Waals surface area contributed by atoms with Gasteiger partial charge in [-0.15, -0.1) is 10.2 Å². The molecule has 3 aromatic rings. The van der Waals surface area contributed by atoms with E-state index in [4.69, 9.17) is 0 Å². The maximum Gasteiger partial charge on any atom is 0.255 e. The third-order valence-electron chi connectivity index (χ3n) is 4.16. The molecule has 9 heteroatoms. The summed E-state index contributed by atoms with van der Waals surface area (Å²) in [4.78, 5) is 16.4. The van der Waals surface area contributed by atoms with Crippen LogP contribution in [0, 0.1) is 0 Å². The summed E-state index contributed by atoms with van der Waals surface area (Å²) < 4.78 is 24.7. The van der Waals surface area contributed by atoms with Gasteiger partial charge in [-0.1, -0.05) is 12.1 Å². The van der Waals surface area contributed by atoms with Crippen LogP contribution in [0.1, 0.15) is 16.8 Å². The van der Waals surface area contributed by atoms with Crippen molar-refractivity contribution in [2.75, 3.05) is 11.5 Å². The molecule has 1 fully saturated rings. The standard InChI is InChI=1S/C16H15N5O3S/c22-15(18-13-6-9-25(23,24)10-13)12-4-2-11(3-5-12)14-19-20-16-17-7-1-8-21(14)16/h1-5,7-8,13H,6,9-10H2,(H,18,22). The number of hydrogen-bond acceptors (Lipinski definition) is 6. The van der Waals surface area contributed by atoms with Crippen molar-refractivity contribution < 1.29 is 13.2 Å². The minimum absolute atomic E-state index is 0.00948. The number of hydrogen-bond donors (Lipinski definition) is 1. The quantitative estimate of drug-likeness (QED) is 0.740. The largest absolute Gasteiger partial charge is 0.348 e. The Kier molecular flexibility index (Phi) is 3.72. The Morgan fingerprint density at radius 1 is 1.20 bits per heavy atom. The highest BCUT2D eigenvalue weighted by Gasteiger charge is 2.29. The van der Waals surface area contributed by atoms with Gasteiger partial charge in [0.2, 0.25) is 0 Å². The van der Waals surface area contributed by atoms with Gasteiger partial charge in [-0.3, -0.25) is 9.20 Å². The number of fused-ring (bicyclic) bond motifs is 1. The molecule has 1 aliphatic rings. The topological polar surface area (TPSA) is 106 Å². The van der Waals surface area contributed by atoms with Crippen LogP contribution in [0.25, 0.3) is 17.2 Å². The van der Waals surface area contributed by atoms with Crippen LogP contribution >= 0.6 is 0 Å². The summed E-state index contributed by atoms with van der Waals surface area (Å²) in [6.45, 7) is 0. The average molecular weight is 357 g/mol. The van der Waals surface area contributed by atoms with Gasteiger partial charge in [0.15, 0.2) is 15.7 Å². The van der Waals surface area contributed by atoms with Crippen LogP contribution in [-0.4, -0.2) is 51.5 Å². The number of nitrogens with zero attached hydrogens (tertiary/aromatic N) is 4. The Morgan fingerprint density at radius 2 is 2.00 bits per heavy atom. The lowest BCUT2D eigenvalue weighted by atomic mass is 10.1. The first-order valence-electron chi connectivity index (χ1n) is 7.79. The van der Waals surface area contributed by atoms with E-state index in [1.54, 1.807) is 40.9 Å². The van der Waals surface area contributed by atoms with E-state index in [0.29, 0.717) is 23.6 Å². The van der Waals surface area contributed by atoms with E-state index in [0.717, 1.165) is 5.56 Å². The lowest BCUT2D eigenvalue weighted by Crippen LogP contribution is -2.35. The minimum Gasteiger partial charge on any atom is -0.348 e. The summed E-state index contributed by atoms with van der Waals surface area (Å²) in [5.41, 5.74) is 1.28. The monoisotopic (exact) mass is 357 g/mol. The van der Waals surface area contributed by atoms with E-state index in [1.165, 1.54) is 0 Å². The van der Waals surface area contributed by atoms with Crippen molar-refractivity contribution in [3.63, 3.8) is 0 Å². The third kappa shape index (κ3) is 3.10. The van der Waals surface area contributed by atoms with Crippen LogP contribution in [0.4, 0.5) is 0 Å². The molecule has 1 aromatic carbocycles. The molecule has 1 unspecified atom stereocenters. The highest BCUT2D eigenvalue weighted by atomic mass is 32.2. The molecule has 0 spiro atoms. The molecule has 128 valence electrons. The number of aromatic nitrogens is 4. The van der Waals surface area contributed by atoms with Gasteiger partial charge < -0.3 is 5.32 Å². The van der Waals surface area contributed by atoms with Crippen molar-refractivity contribution in [1.29, 1.82) is 0 Å². The number of rotatable bonds is 3. The first-order valence-corrected chi connectivity index (χ1v) is 9.61. The summed E-state index contributed by atoms with van der Waals surface area (Å²) in [5.74, 6) is 1.00. The van der Waals surface area contributed by atoms with Crippen molar-refractivity contribution in [3.05, 3.63) is 48.3 Å².